The van der Waals surface area contributed by atoms with Gasteiger partial charge in [0.1, 0.15) is 0 Å². The van der Waals surface area contributed by atoms with Crippen LogP contribution in [0.1, 0.15) is 25.7 Å². The molecule has 0 spiro atoms. The Kier molecular flexibility index (Phi) is 4.63. The average Bonchev–Trinajstić information content (AvgIpc) is 2.42. The molecule has 1 heterocycles. The summed E-state index contributed by atoms with van der Waals surface area (Å²) in [7, 11) is 1.72. The SMILES string of the molecule is CNc1ncc(F)c(NC2CCCCC2SC)n1. The zero-order valence-corrected chi connectivity index (χ0v) is 11.6. The molecule has 1 aliphatic rings. The van der Waals surface area contributed by atoms with Crippen LogP contribution in [0, 0.1) is 5.82 Å². The molecule has 2 atom stereocenters. The van der Waals surface area contributed by atoms with Gasteiger partial charge in [-0.3, -0.25) is 0 Å². The molecule has 0 bridgehead atoms. The van der Waals surface area contributed by atoms with Gasteiger partial charge in [0.25, 0.3) is 0 Å². The monoisotopic (exact) mass is 270 g/mol. The maximum Gasteiger partial charge on any atom is 0.224 e. The summed E-state index contributed by atoms with van der Waals surface area (Å²) in [5, 5.41) is 6.59. The van der Waals surface area contributed by atoms with E-state index in [1.807, 2.05) is 11.8 Å². The zero-order valence-electron chi connectivity index (χ0n) is 10.7. The van der Waals surface area contributed by atoms with E-state index < -0.39 is 0 Å². The predicted molar refractivity (Wildman–Crippen MR) is 74.7 cm³/mol. The normalized spacial score (nSPS) is 23.7. The molecule has 1 aliphatic carbocycles. The van der Waals surface area contributed by atoms with Crippen molar-refractivity contribution < 1.29 is 4.39 Å². The van der Waals surface area contributed by atoms with Crippen molar-refractivity contribution in [3.8, 4) is 0 Å². The van der Waals surface area contributed by atoms with Gasteiger partial charge in [-0.05, 0) is 19.1 Å². The Morgan fingerprint density at radius 3 is 2.89 bits per heavy atom. The number of thioether (sulfide) groups is 1. The maximum atomic E-state index is 13.7. The van der Waals surface area contributed by atoms with Crippen LogP contribution in [0.2, 0.25) is 0 Å². The highest BCUT2D eigenvalue weighted by atomic mass is 32.2. The average molecular weight is 270 g/mol. The number of halogens is 1. The van der Waals surface area contributed by atoms with E-state index >= 15 is 0 Å². The van der Waals surface area contributed by atoms with Crippen LogP contribution in [0.15, 0.2) is 6.20 Å². The third-order valence-corrected chi connectivity index (χ3v) is 4.46. The number of rotatable bonds is 4. The quantitative estimate of drug-likeness (QED) is 0.881. The number of hydrogen-bond acceptors (Lipinski definition) is 5. The first-order chi connectivity index (χ1) is 8.74. The van der Waals surface area contributed by atoms with E-state index in [2.05, 4.69) is 26.9 Å². The molecule has 0 aromatic carbocycles. The van der Waals surface area contributed by atoms with Gasteiger partial charge < -0.3 is 10.6 Å². The zero-order chi connectivity index (χ0) is 13.0. The first kappa shape index (κ1) is 13.4. The van der Waals surface area contributed by atoms with Crippen LogP contribution in [0.25, 0.3) is 0 Å². The summed E-state index contributed by atoms with van der Waals surface area (Å²) in [6.45, 7) is 0. The van der Waals surface area contributed by atoms with Crippen molar-refractivity contribution in [3.63, 3.8) is 0 Å². The molecule has 1 aromatic rings. The van der Waals surface area contributed by atoms with Gasteiger partial charge in [-0.2, -0.15) is 16.7 Å². The summed E-state index contributed by atoms with van der Waals surface area (Å²) >= 11 is 1.84. The van der Waals surface area contributed by atoms with Crippen molar-refractivity contribution in [1.82, 2.24) is 9.97 Å². The molecule has 1 aromatic heterocycles. The second-order valence-electron chi connectivity index (χ2n) is 4.45. The third-order valence-electron chi connectivity index (χ3n) is 3.30. The minimum absolute atomic E-state index is 0.294. The second kappa shape index (κ2) is 6.22. The summed E-state index contributed by atoms with van der Waals surface area (Å²) in [6, 6.07) is 0.294. The molecule has 1 fully saturated rings. The van der Waals surface area contributed by atoms with Gasteiger partial charge in [-0.25, -0.2) is 9.37 Å². The summed E-state index contributed by atoms with van der Waals surface area (Å²) < 4.78 is 13.7. The highest BCUT2D eigenvalue weighted by Crippen LogP contribution is 2.29. The third kappa shape index (κ3) is 3.04. The van der Waals surface area contributed by atoms with Crippen LogP contribution in [0.3, 0.4) is 0 Å². The second-order valence-corrected chi connectivity index (χ2v) is 5.53. The summed E-state index contributed by atoms with van der Waals surface area (Å²) in [5.41, 5.74) is 0. The van der Waals surface area contributed by atoms with E-state index in [0.29, 0.717) is 23.1 Å². The van der Waals surface area contributed by atoms with Gasteiger partial charge >= 0.3 is 0 Å². The predicted octanol–water partition coefficient (Wildman–Crippen LogP) is 2.74. The fourth-order valence-electron chi connectivity index (χ4n) is 2.31. The van der Waals surface area contributed by atoms with Gasteiger partial charge in [0.2, 0.25) is 5.95 Å². The van der Waals surface area contributed by atoms with Crippen molar-refractivity contribution in [2.45, 2.75) is 37.0 Å². The lowest BCUT2D eigenvalue weighted by molar-refractivity contribution is 0.471. The van der Waals surface area contributed by atoms with Crippen LogP contribution in [0.4, 0.5) is 16.2 Å². The van der Waals surface area contributed by atoms with E-state index in [0.717, 1.165) is 6.42 Å². The van der Waals surface area contributed by atoms with Crippen molar-refractivity contribution >= 4 is 23.5 Å². The number of nitrogens with zero attached hydrogens (tertiary/aromatic N) is 2. The lowest BCUT2D eigenvalue weighted by Gasteiger charge is -2.31. The number of anilines is 2. The highest BCUT2D eigenvalue weighted by molar-refractivity contribution is 7.99. The molecular formula is C12H19FN4S. The van der Waals surface area contributed by atoms with Gasteiger partial charge in [0.15, 0.2) is 11.6 Å². The molecule has 2 rings (SSSR count). The summed E-state index contributed by atoms with van der Waals surface area (Å²) in [4.78, 5) is 7.98. The molecule has 0 aliphatic heterocycles. The van der Waals surface area contributed by atoms with Gasteiger partial charge in [0, 0.05) is 18.3 Å². The van der Waals surface area contributed by atoms with Crippen LogP contribution in [-0.2, 0) is 0 Å². The summed E-state index contributed by atoms with van der Waals surface area (Å²) in [5.74, 6) is 0.357. The summed E-state index contributed by atoms with van der Waals surface area (Å²) in [6.07, 6.45) is 8.03. The Bertz CT molecular complexity index is 402. The van der Waals surface area contributed by atoms with Crippen LogP contribution in [-0.4, -0.2) is 34.6 Å². The van der Waals surface area contributed by atoms with E-state index in [1.165, 1.54) is 25.5 Å². The van der Waals surface area contributed by atoms with Gasteiger partial charge in [-0.15, -0.1) is 0 Å². The van der Waals surface area contributed by atoms with Gasteiger partial charge in [-0.1, -0.05) is 12.8 Å². The Balaban J connectivity index is 2.11. The maximum absolute atomic E-state index is 13.7. The molecule has 4 nitrogen and oxygen atoms in total. The number of hydrogen-bond donors (Lipinski definition) is 2. The molecule has 0 amide bonds. The fraction of sp³-hybridized carbons (Fsp3) is 0.667. The van der Waals surface area contributed by atoms with Gasteiger partial charge in [0.05, 0.1) is 6.20 Å². The fourth-order valence-corrected chi connectivity index (χ4v) is 3.24. The molecule has 2 N–H and O–H groups in total. The Labute approximate surface area is 111 Å². The molecule has 100 valence electrons. The molecule has 6 heteroatoms. The molecule has 1 saturated carbocycles. The van der Waals surface area contributed by atoms with E-state index in [4.69, 9.17) is 0 Å². The van der Waals surface area contributed by atoms with E-state index in [-0.39, 0.29) is 5.82 Å². The Hall–Kier alpha value is -1.04. The van der Waals surface area contributed by atoms with Crippen LogP contribution in [0.5, 0.6) is 0 Å². The van der Waals surface area contributed by atoms with Crippen molar-refractivity contribution in [3.05, 3.63) is 12.0 Å². The van der Waals surface area contributed by atoms with Crippen LogP contribution < -0.4 is 10.6 Å². The Morgan fingerprint density at radius 1 is 1.39 bits per heavy atom. The molecule has 2 unspecified atom stereocenters. The largest absolute Gasteiger partial charge is 0.364 e. The molecule has 18 heavy (non-hydrogen) atoms. The number of aromatic nitrogens is 2. The molecule has 0 radical (unpaired) electrons. The first-order valence-corrected chi connectivity index (χ1v) is 7.53. The lowest BCUT2D eigenvalue weighted by atomic mass is 9.95. The molecule has 0 saturated heterocycles. The minimum Gasteiger partial charge on any atom is -0.364 e. The van der Waals surface area contributed by atoms with Crippen molar-refractivity contribution in [2.24, 2.45) is 0 Å². The van der Waals surface area contributed by atoms with Crippen molar-refractivity contribution in [1.29, 1.82) is 0 Å². The topological polar surface area (TPSA) is 49.8 Å². The standard InChI is InChI=1S/C12H19FN4S/c1-14-12-15-7-8(13)11(17-12)16-9-5-3-4-6-10(9)18-2/h7,9-10H,3-6H2,1-2H3,(H2,14,15,16,17). The minimum atomic E-state index is -0.389. The highest BCUT2D eigenvalue weighted by Gasteiger charge is 2.25. The van der Waals surface area contributed by atoms with Crippen molar-refractivity contribution in [2.75, 3.05) is 23.9 Å². The van der Waals surface area contributed by atoms with Crippen LogP contribution >= 0.6 is 11.8 Å². The van der Waals surface area contributed by atoms with E-state index in [1.54, 1.807) is 7.05 Å². The Morgan fingerprint density at radius 2 is 2.17 bits per heavy atom. The smallest absolute Gasteiger partial charge is 0.224 e. The molecular weight excluding hydrogens is 251 g/mol. The van der Waals surface area contributed by atoms with E-state index in [9.17, 15) is 4.39 Å². The lowest BCUT2D eigenvalue weighted by Crippen LogP contribution is -2.35. The first-order valence-electron chi connectivity index (χ1n) is 6.24. The number of nitrogens with one attached hydrogen (secondary N) is 2.